The van der Waals surface area contributed by atoms with Crippen molar-refractivity contribution in [2.24, 2.45) is 0 Å². The van der Waals surface area contributed by atoms with Crippen molar-refractivity contribution in [1.29, 1.82) is 0 Å². The van der Waals surface area contributed by atoms with Gasteiger partial charge in [-0.2, -0.15) is 0 Å². The molecule has 0 aromatic carbocycles. The van der Waals surface area contributed by atoms with Gasteiger partial charge in [0.05, 0.1) is 0 Å². The molecular formula is C16H14ClNO2. The van der Waals surface area contributed by atoms with Crippen LogP contribution in [0.25, 0.3) is 11.1 Å². The third-order valence-corrected chi connectivity index (χ3v) is 2.53. The smallest absolute Gasteiger partial charge is 0.304 e. The molecule has 3 rings (SSSR count). The van der Waals surface area contributed by atoms with Crippen LogP contribution in [0.15, 0.2) is 48.8 Å². The molecule has 20 heavy (non-hydrogen) atoms. The molecule has 1 aromatic heterocycles. The molecule has 0 radical (unpaired) electrons. The zero-order chi connectivity index (χ0) is 13.7. The first kappa shape index (κ1) is 15.7. The predicted molar refractivity (Wildman–Crippen MR) is 80.3 cm³/mol. The van der Waals surface area contributed by atoms with Crippen molar-refractivity contribution in [2.75, 3.05) is 0 Å². The molecule has 0 amide bonds. The number of rotatable bonds is 2. The lowest BCUT2D eigenvalue weighted by Crippen LogP contribution is -2.06. The Hall–Kier alpha value is -2.31. The largest absolute Gasteiger partial charge is 0.444 e. The normalized spacial score (nSPS) is 10.8. The van der Waals surface area contributed by atoms with E-state index in [4.69, 9.17) is 11.2 Å². The minimum atomic E-state index is -0.633. The maximum atomic E-state index is 10.6. The predicted octanol–water partition coefficient (Wildman–Crippen LogP) is 3.41. The molecule has 0 N–H and O–H groups in total. The number of carbonyl (C=O) groups is 1. The van der Waals surface area contributed by atoms with Crippen LogP contribution in [0.2, 0.25) is 0 Å². The number of esters is 1. The van der Waals surface area contributed by atoms with Crippen molar-refractivity contribution in [3.8, 4) is 23.5 Å². The Morgan fingerprint density at radius 3 is 2.35 bits per heavy atom. The van der Waals surface area contributed by atoms with Crippen LogP contribution in [0.5, 0.6) is 0 Å². The number of aromatic nitrogens is 1. The summed E-state index contributed by atoms with van der Waals surface area (Å²) in [6, 6.07) is 12.0. The number of pyridine rings is 1. The molecule has 0 saturated heterocycles. The number of hydrogen-bond acceptors (Lipinski definition) is 3. The third-order valence-electron chi connectivity index (χ3n) is 2.53. The van der Waals surface area contributed by atoms with Gasteiger partial charge in [0.15, 0.2) is 6.10 Å². The number of nitrogens with zero attached hydrogens (tertiary/aromatic N) is 1. The summed E-state index contributed by atoms with van der Waals surface area (Å²) in [6.45, 7) is 1.32. The van der Waals surface area contributed by atoms with Gasteiger partial charge in [0.1, 0.15) is 0 Å². The first-order valence-corrected chi connectivity index (χ1v) is 5.84. The van der Waals surface area contributed by atoms with Crippen LogP contribution in [0.3, 0.4) is 0 Å². The van der Waals surface area contributed by atoms with Gasteiger partial charge in [0.2, 0.25) is 0 Å². The van der Waals surface area contributed by atoms with Crippen LogP contribution >= 0.6 is 12.4 Å². The Bertz CT molecular complexity index is 603. The first-order valence-electron chi connectivity index (χ1n) is 5.84. The highest BCUT2D eigenvalue weighted by Gasteiger charge is 2.10. The van der Waals surface area contributed by atoms with Gasteiger partial charge in [-0.1, -0.05) is 30.2 Å². The van der Waals surface area contributed by atoms with E-state index in [2.05, 4.69) is 35.2 Å². The van der Waals surface area contributed by atoms with E-state index in [1.54, 1.807) is 24.5 Å². The van der Waals surface area contributed by atoms with Gasteiger partial charge < -0.3 is 4.74 Å². The molecular weight excluding hydrogens is 274 g/mol. The van der Waals surface area contributed by atoms with Crippen molar-refractivity contribution in [2.45, 2.75) is 13.0 Å². The lowest BCUT2D eigenvalue weighted by molar-refractivity contribution is -0.144. The summed E-state index contributed by atoms with van der Waals surface area (Å²) in [6.07, 6.45) is 7.77. The van der Waals surface area contributed by atoms with E-state index in [9.17, 15) is 4.79 Å². The number of fused-ring (bicyclic) bond motifs is 1. The fourth-order valence-corrected chi connectivity index (χ4v) is 1.57. The van der Waals surface area contributed by atoms with Gasteiger partial charge in [-0.3, -0.25) is 9.78 Å². The van der Waals surface area contributed by atoms with Crippen LogP contribution in [-0.2, 0) is 9.53 Å². The molecule has 4 heteroatoms. The molecule has 0 saturated carbocycles. The summed E-state index contributed by atoms with van der Waals surface area (Å²) >= 11 is 0. The van der Waals surface area contributed by atoms with Crippen molar-refractivity contribution in [1.82, 2.24) is 4.98 Å². The molecule has 1 aromatic rings. The minimum absolute atomic E-state index is 0. The van der Waals surface area contributed by atoms with Crippen molar-refractivity contribution < 1.29 is 9.53 Å². The maximum Gasteiger partial charge on any atom is 0.304 e. The number of hydrogen-bond donors (Lipinski definition) is 0. The number of terminal acetylenes is 1. The minimum Gasteiger partial charge on any atom is -0.444 e. The van der Waals surface area contributed by atoms with Gasteiger partial charge in [0, 0.05) is 24.9 Å². The van der Waals surface area contributed by atoms with Crippen LogP contribution in [0.4, 0.5) is 0 Å². The highest BCUT2D eigenvalue weighted by molar-refractivity contribution is 5.85. The fraction of sp³-hybridized carbons (Fsp3) is 0.125. The quantitative estimate of drug-likeness (QED) is 0.535. The van der Waals surface area contributed by atoms with Gasteiger partial charge >= 0.3 is 5.97 Å². The van der Waals surface area contributed by atoms with Crippen molar-refractivity contribution in [3.63, 3.8) is 0 Å². The Kier molecular flexibility index (Phi) is 5.76. The molecule has 0 spiro atoms. The zero-order valence-electron chi connectivity index (χ0n) is 10.9. The molecule has 102 valence electrons. The highest BCUT2D eigenvalue weighted by atomic mass is 35.5. The van der Waals surface area contributed by atoms with Gasteiger partial charge in [-0.25, -0.2) is 0 Å². The van der Waals surface area contributed by atoms with E-state index in [0.717, 1.165) is 0 Å². The lowest BCUT2D eigenvalue weighted by Gasteiger charge is -2.09. The zero-order valence-corrected chi connectivity index (χ0v) is 11.8. The second-order valence-electron chi connectivity index (χ2n) is 4.02. The third kappa shape index (κ3) is 4.42. The molecule has 1 atom stereocenters. The van der Waals surface area contributed by atoms with E-state index < -0.39 is 12.1 Å². The second-order valence-corrected chi connectivity index (χ2v) is 4.02. The Morgan fingerprint density at radius 2 is 2.00 bits per heavy atom. The van der Waals surface area contributed by atoms with Gasteiger partial charge in [0.25, 0.3) is 0 Å². The van der Waals surface area contributed by atoms with E-state index >= 15 is 0 Å². The van der Waals surface area contributed by atoms with E-state index in [1.807, 2.05) is 0 Å². The average Bonchev–Trinajstić information content (AvgIpc) is 3.04. The highest BCUT2D eigenvalue weighted by Crippen LogP contribution is 2.32. The Labute approximate surface area is 124 Å². The molecule has 1 heterocycles. The van der Waals surface area contributed by atoms with E-state index in [-0.39, 0.29) is 12.4 Å². The standard InChI is InChI=1S/C10H9NO2.C6H4.ClH/c1-3-10(13-8(2)12)9-5-4-6-11-7-9;1-2-5-4-6(5)3-1;/h1,4-7,10H,2H3;1-4H;1H. The molecule has 1 unspecified atom stereocenters. The Morgan fingerprint density at radius 1 is 1.30 bits per heavy atom. The molecule has 3 nitrogen and oxygen atoms in total. The monoisotopic (exact) mass is 287 g/mol. The fourth-order valence-electron chi connectivity index (χ4n) is 1.57. The molecule has 2 aliphatic carbocycles. The van der Waals surface area contributed by atoms with Crippen LogP contribution in [0, 0.1) is 12.3 Å². The van der Waals surface area contributed by atoms with Crippen LogP contribution < -0.4 is 0 Å². The average molecular weight is 288 g/mol. The first-order chi connectivity index (χ1) is 9.20. The van der Waals surface area contributed by atoms with E-state index in [1.165, 1.54) is 18.1 Å². The van der Waals surface area contributed by atoms with Gasteiger partial charge in [-0.15, -0.1) is 18.8 Å². The van der Waals surface area contributed by atoms with Gasteiger partial charge in [-0.05, 0) is 23.3 Å². The second kappa shape index (κ2) is 7.32. The maximum absolute atomic E-state index is 10.6. The number of ether oxygens (including phenoxy) is 1. The van der Waals surface area contributed by atoms with Crippen molar-refractivity contribution in [3.05, 3.63) is 54.4 Å². The Balaban J connectivity index is 0.000000236. The van der Waals surface area contributed by atoms with Crippen LogP contribution in [-0.4, -0.2) is 11.0 Å². The van der Waals surface area contributed by atoms with Crippen molar-refractivity contribution >= 4 is 18.4 Å². The van der Waals surface area contributed by atoms with Crippen LogP contribution in [0.1, 0.15) is 18.6 Å². The SMILES string of the molecule is C#CC(OC(C)=O)c1cccnc1.Cl.c1cc2cc-2c1. The number of benzene rings is 1. The summed E-state index contributed by atoms with van der Waals surface area (Å²) in [7, 11) is 0. The summed E-state index contributed by atoms with van der Waals surface area (Å²) in [5, 5.41) is 0. The summed E-state index contributed by atoms with van der Waals surface area (Å²) in [5.41, 5.74) is 3.56. The lowest BCUT2D eigenvalue weighted by atomic mass is 10.2. The summed E-state index contributed by atoms with van der Waals surface area (Å²) < 4.78 is 4.87. The molecule has 0 fully saturated rings. The summed E-state index contributed by atoms with van der Waals surface area (Å²) in [5.74, 6) is 1.97. The van der Waals surface area contributed by atoms with E-state index in [0.29, 0.717) is 5.56 Å². The molecule has 2 aliphatic rings. The summed E-state index contributed by atoms with van der Waals surface area (Å²) in [4.78, 5) is 14.5. The number of carbonyl (C=O) groups excluding carboxylic acids is 1. The number of halogens is 1. The molecule has 0 bridgehead atoms. The molecule has 0 aliphatic heterocycles. The topological polar surface area (TPSA) is 39.2 Å².